The van der Waals surface area contributed by atoms with E-state index in [9.17, 15) is 9.59 Å². The van der Waals surface area contributed by atoms with Gasteiger partial charge >= 0.3 is 6.03 Å². The maximum Gasteiger partial charge on any atom is 0.315 e. The second-order valence-electron chi connectivity index (χ2n) is 7.64. The van der Waals surface area contributed by atoms with Crippen LogP contribution in [0.2, 0.25) is 0 Å². The van der Waals surface area contributed by atoms with Gasteiger partial charge in [0.2, 0.25) is 0 Å². The summed E-state index contributed by atoms with van der Waals surface area (Å²) in [6.07, 6.45) is 2.17. The summed E-state index contributed by atoms with van der Waals surface area (Å²) in [4.78, 5) is 24.1. The van der Waals surface area contributed by atoms with Gasteiger partial charge in [0.05, 0.1) is 6.10 Å². The minimum absolute atomic E-state index is 0.0401. The number of nitrogens with one attached hydrogen (secondary N) is 3. The Morgan fingerprint density at radius 3 is 2.68 bits per heavy atom. The van der Waals surface area contributed by atoms with E-state index < -0.39 is 0 Å². The van der Waals surface area contributed by atoms with Crippen molar-refractivity contribution >= 4 is 11.9 Å². The van der Waals surface area contributed by atoms with Gasteiger partial charge in [-0.25, -0.2) is 4.79 Å². The summed E-state index contributed by atoms with van der Waals surface area (Å²) in [5, 5.41) is 8.56. The monoisotopic (exact) mass is 347 g/mol. The highest BCUT2D eigenvalue weighted by atomic mass is 16.5. The molecule has 1 fully saturated rings. The van der Waals surface area contributed by atoms with Crippen molar-refractivity contribution in [1.82, 2.24) is 16.0 Å². The molecule has 1 aliphatic heterocycles. The van der Waals surface area contributed by atoms with Crippen LogP contribution in [0.25, 0.3) is 0 Å². The molecule has 0 aliphatic carbocycles. The first-order valence-corrected chi connectivity index (χ1v) is 8.84. The third-order valence-corrected chi connectivity index (χ3v) is 3.94. The van der Waals surface area contributed by atoms with Gasteiger partial charge in [-0.05, 0) is 36.0 Å². The number of carbonyl (C=O) groups is 2. The molecule has 138 valence electrons. The standard InChI is InChI=1S/C19H29N3O3/c1-19(2,3)13-22-18(24)21-11-14-6-4-7-15(10-14)17(23)20-12-16-8-5-9-25-16/h4,6-7,10,16H,5,8-9,11-13H2,1-3H3,(H,20,23)(H2,21,22,24). The van der Waals surface area contributed by atoms with Crippen molar-refractivity contribution in [2.45, 2.75) is 46.3 Å². The fraction of sp³-hybridized carbons (Fsp3) is 0.579. The fourth-order valence-corrected chi connectivity index (χ4v) is 2.53. The van der Waals surface area contributed by atoms with Crippen LogP contribution < -0.4 is 16.0 Å². The maximum absolute atomic E-state index is 12.2. The lowest BCUT2D eigenvalue weighted by Gasteiger charge is -2.19. The normalized spacial score (nSPS) is 17.2. The quantitative estimate of drug-likeness (QED) is 0.739. The van der Waals surface area contributed by atoms with Crippen LogP contribution in [0.3, 0.4) is 0 Å². The largest absolute Gasteiger partial charge is 0.376 e. The summed E-state index contributed by atoms with van der Waals surface area (Å²) in [6, 6.07) is 7.08. The van der Waals surface area contributed by atoms with Gasteiger partial charge in [0.15, 0.2) is 0 Å². The predicted molar refractivity (Wildman–Crippen MR) is 97.4 cm³/mol. The van der Waals surface area contributed by atoms with Gasteiger partial charge in [0.25, 0.3) is 5.91 Å². The Kier molecular flexibility index (Phi) is 6.82. The number of ether oxygens (including phenoxy) is 1. The van der Waals surface area contributed by atoms with Crippen molar-refractivity contribution in [2.75, 3.05) is 19.7 Å². The van der Waals surface area contributed by atoms with Gasteiger partial charge in [-0.15, -0.1) is 0 Å². The van der Waals surface area contributed by atoms with Crippen LogP contribution in [0.4, 0.5) is 4.79 Å². The number of carbonyl (C=O) groups excluding carboxylic acids is 2. The minimum Gasteiger partial charge on any atom is -0.376 e. The van der Waals surface area contributed by atoms with Gasteiger partial charge in [-0.2, -0.15) is 0 Å². The number of hydrogen-bond donors (Lipinski definition) is 3. The molecular formula is C19H29N3O3. The Morgan fingerprint density at radius 2 is 2.00 bits per heavy atom. The lowest BCUT2D eigenvalue weighted by atomic mass is 9.97. The molecule has 3 N–H and O–H groups in total. The molecule has 1 unspecified atom stereocenters. The molecular weight excluding hydrogens is 318 g/mol. The smallest absolute Gasteiger partial charge is 0.315 e. The fourth-order valence-electron chi connectivity index (χ4n) is 2.53. The minimum atomic E-state index is -0.205. The molecule has 0 aromatic heterocycles. The zero-order valence-electron chi connectivity index (χ0n) is 15.4. The number of rotatable bonds is 6. The third kappa shape index (κ3) is 7.13. The third-order valence-electron chi connectivity index (χ3n) is 3.94. The Balaban J connectivity index is 1.79. The highest BCUT2D eigenvalue weighted by molar-refractivity contribution is 5.94. The maximum atomic E-state index is 12.2. The van der Waals surface area contributed by atoms with E-state index in [0.717, 1.165) is 25.0 Å². The Morgan fingerprint density at radius 1 is 1.20 bits per heavy atom. The Hall–Kier alpha value is -2.08. The molecule has 3 amide bonds. The van der Waals surface area contributed by atoms with Crippen LogP contribution in [0.1, 0.15) is 49.5 Å². The van der Waals surface area contributed by atoms with E-state index in [0.29, 0.717) is 25.2 Å². The second kappa shape index (κ2) is 8.85. The number of urea groups is 1. The van der Waals surface area contributed by atoms with Crippen molar-refractivity contribution in [1.29, 1.82) is 0 Å². The summed E-state index contributed by atoms with van der Waals surface area (Å²) in [6.45, 7) is 8.48. The molecule has 1 atom stereocenters. The number of benzene rings is 1. The van der Waals surface area contributed by atoms with E-state index in [1.165, 1.54) is 0 Å². The van der Waals surface area contributed by atoms with Gasteiger partial charge in [-0.1, -0.05) is 32.9 Å². The van der Waals surface area contributed by atoms with E-state index in [2.05, 4.69) is 36.7 Å². The average molecular weight is 347 g/mol. The van der Waals surface area contributed by atoms with Crippen molar-refractivity contribution < 1.29 is 14.3 Å². The summed E-state index contributed by atoms with van der Waals surface area (Å²) in [7, 11) is 0. The molecule has 1 heterocycles. The zero-order valence-corrected chi connectivity index (χ0v) is 15.4. The van der Waals surface area contributed by atoms with E-state index >= 15 is 0 Å². The summed E-state index contributed by atoms with van der Waals surface area (Å²) in [5.41, 5.74) is 1.52. The van der Waals surface area contributed by atoms with Crippen LogP contribution in [0.15, 0.2) is 24.3 Å². The summed E-state index contributed by atoms with van der Waals surface area (Å²) in [5.74, 6) is -0.116. The van der Waals surface area contributed by atoms with Crippen molar-refractivity contribution in [3.8, 4) is 0 Å². The first-order chi connectivity index (χ1) is 11.8. The summed E-state index contributed by atoms with van der Waals surface area (Å²) >= 11 is 0. The van der Waals surface area contributed by atoms with Gasteiger partial charge in [0.1, 0.15) is 0 Å². The zero-order chi connectivity index (χ0) is 18.3. The molecule has 1 aliphatic rings. The van der Waals surface area contributed by atoms with Crippen molar-refractivity contribution in [2.24, 2.45) is 5.41 Å². The van der Waals surface area contributed by atoms with Crippen LogP contribution in [0.5, 0.6) is 0 Å². The molecule has 1 aromatic carbocycles. The molecule has 0 radical (unpaired) electrons. The lowest BCUT2D eigenvalue weighted by Crippen LogP contribution is -2.39. The molecule has 0 bridgehead atoms. The molecule has 2 rings (SSSR count). The van der Waals surface area contributed by atoms with E-state index in [1.807, 2.05) is 12.1 Å². The van der Waals surface area contributed by atoms with Crippen molar-refractivity contribution in [3.05, 3.63) is 35.4 Å². The van der Waals surface area contributed by atoms with E-state index in [-0.39, 0.29) is 23.5 Å². The molecule has 25 heavy (non-hydrogen) atoms. The van der Waals surface area contributed by atoms with Gasteiger partial charge in [0, 0.05) is 31.8 Å². The average Bonchev–Trinajstić information content (AvgIpc) is 3.09. The first-order valence-electron chi connectivity index (χ1n) is 8.84. The predicted octanol–water partition coefficient (Wildman–Crippen LogP) is 2.44. The molecule has 6 heteroatoms. The lowest BCUT2D eigenvalue weighted by molar-refractivity contribution is 0.0857. The van der Waals surface area contributed by atoms with Gasteiger partial charge < -0.3 is 20.7 Å². The topological polar surface area (TPSA) is 79.5 Å². The van der Waals surface area contributed by atoms with Crippen LogP contribution >= 0.6 is 0 Å². The molecule has 6 nitrogen and oxygen atoms in total. The number of amides is 3. The van der Waals surface area contributed by atoms with E-state index in [1.54, 1.807) is 12.1 Å². The first kappa shape index (κ1) is 19.2. The summed E-state index contributed by atoms with van der Waals surface area (Å²) < 4.78 is 5.51. The van der Waals surface area contributed by atoms with Crippen LogP contribution in [0, 0.1) is 5.41 Å². The molecule has 1 aromatic rings. The van der Waals surface area contributed by atoms with Crippen molar-refractivity contribution in [3.63, 3.8) is 0 Å². The highest BCUT2D eigenvalue weighted by Gasteiger charge is 2.17. The Labute approximate surface area is 149 Å². The molecule has 1 saturated heterocycles. The SMILES string of the molecule is CC(C)(C)CNC(=O)NCc1cccc(C(=O)NCC2CCCO2)c1. The van der Waals surface area contributed by atoms with Crippen LogP contribution in [-0.4, -0.2) is 37.7 Å². The highest BCUT2D eigenvalue weighted by Crippen LogP contribution is 2.12. The van der Waals surface area contributed by atoms with Crippen LogP contribution in [-0.2, 0) is 11.3 Å². The van der Waals surface area contributed by atoms with Gasteiger partial charge in [-0.3, -0.25) is 4.79 Å². The number of hydrogen-bond acceptors (Lipinski definition) is 3. The Bertz CT molecular complexity index is 590. The van der Waals surface area contributed by atoms with E-state index in [4.69, 9.17) is 4.74 Å². The molecule has 0 spiro atoms. The second-order valence-corrected chi connectivity index (χ2v) is 7.64. The molecule has 0 saturated carbocycles.